The largest absolute Gasteiger partial charge is 0.508 e. The predicted octanol–water partition coefficient (Wildman–Crippen LogP) is 4.22. The Hall–Kier alpha value is -2.28. The summed E-state index contributed by atoms with van der Waals surface area (Å²) in [7, 11) is 0. The molecule has 0 radical (unpaired) electrons. The fourth-order valence-electron chi connectivity index (χ4n) is 1.65. The van der Waals surface area contributed by atoms with Gasteiger partial charge in [-0.2, -0.15) is 13.2 Å². The summed E-state index contributed by atoms with van der Waals surface area (Å²) in [4.78, 5) is 0. The summed E-state index contributed by atoms with van der Waals surface area (Å²) in [5, 5.41) is 14.9. The quantitative estimate of drug-likeness (QED) is 0.727. The molecule has 0 aliphatic heterocycles. The van der Waals surface area contributed by atoms with Crippen molar-refractivity contribution in [2.45, 2.75) is 6.18 Å². The number of anilines is 2. The molecular weight excluding hydrogens is 301 g/mol. The lowest BCUT2D eigenvalue weighted by Gasteiger charge is -2.12. The molecule has 110 valence electrons. The smallest absolute Gasteiger partial charge is 0.416 e. The van der Waals surface area contributed by atoms with Gasteiger partial charge >= 0.3 is 6.18 Å². The number of thiocarbonyl (C=S) groups is 1. The van der Waals surface area contributed by atoms with Crippen LogP contribution in [0.1, 0.15) is 5.56 Å². The Morgan fingerprint density at radius 1 is 0.952 bits per heavy atom. The number of phenolic OH excluding ortho intramolecular Hbond substituents is 1. The van der Waals surface area contributed by atoms with Crippen molar-refractivity contribution in [3.05, 3.63) is 54.1 Å². The first-order valence-electron chi connectivity index (χ1n) is 5.89. The Morgan fingerprint density at radius 2 is 1.52 bits per heavy atom. The van der Waals surface area contributed by atoms with E-state index >= 15 is 0 Å². The number of hydrogen-bond acceptors (Lipinski definition) is 2. The molecule has 0 fully saturated rings. The molecule has 0 amide bonds. The van der Waals surface area contributed by atoms with Gasteiger partial charge in [-0.25, -0.2) is 0 Å². The zero-order valence-corrected chi connectivity index (χ0v) is 11.4. The van der Waals surface area contributed by atoms with Crippen LogP contribution >= 0.6 is 12.2 Å². The standard InChI is InChI=1S/C14H11F3N2OS/c15-14(16,17)9-3-1-4-10(7-9)18-13(21)19-11-5-2-6-12(20)8-11/h1-8,20H,(H2,18,19,21). The molecule has 21 heavy (non-hydrogen) atoms. The lowest BCUT2D eigenvalue weighted by Crippen LogP contribution is -2.19. The Balaban J connectivity index is 2.06. The minimum Gasteiger partial charge on any atom is -0.508 e. The number of alkyl halides is 3. The fourth-order valence-corrected chi connectivity index (χ4v) is 1.89. The fraction of sp³-hybridized carbons (Fsp3) is 0.0714. The van der Waals surface area contributed by atoms with Gasteiger partial charge in [0.15, 0.2) is 5.11 Å². The molecule has 0 heterocycles. The SMILES string of the molecule is Oc1cccc(NC(=S)Nc2cccc(C(F)(F)F)c2)c1. The molecule has 0 aliphatic carbocycles. The Labute approximate surface area is 124 Å². The summed E-state index contributed by atoms with van der Waals surface area (Å²) >= 11 is 5.01. The van der Waals surface area contributed by atoms with Gasteiger partial charge in [-0.1, -0.05) is 12.1 Å². The molecule has 0 saturated heterocycles. The molecule has 2 rings (SSSR count). The molecule has 0 spiro atoms. The number of benzene rings is 2. The van der Waals surface area contributed by atoms with Gasteiger partial charge in [0, 0.05) is 17.4 Å². The van der Waals surface area contributed by atoms with Crippen molar-refractivity contribution in [2.75, 3.05) is 10.6 Å². The van der Waals surface area contributed by atoms with Crippen LogP contribution in [0.5, 0.6) is 5.75 Å². The summed E-state index contributed by atoms with van der Waals surface area (Å²) < 4.78 is 37.8. The Bertz CT molecular complexity index is 659. The maximum absolute atomic E-state index is 12.6. The maximum atomic E-state index is 12.6. The Kier molecular flexibility index (Phi) is 4.32. The molecule has 2 aromatic rings. The second-order valence-corrected chi connectivity index (χ2v) is 4.62. The third-order valence-corrected chi connectivity index (χ3v) is 2.76. The number of phenols is 1. The highest BCUT2D eigenvalue weighted by molar-refractivity contribution is 7.80. The highest BCUT2D eigenvalue weighted by atomic mass is 32.1. The summed E-state index contributed by atoms with van der Waals surface area (Å²) in [6.45, 7) is 0. The first-order chi connectivity index (χ1) is 9.84. The van der Waals surface area contributed by atoms with Crippen molar-refractivity contribution in [2.24, 2.45) is 0 Å². The maximum Gasteiger partial charge on any atom is 0.416 e. The van der Waals surface area contributed by atoms with Gasteiger partial charge in [-0.15, -0.1) is 0 Å². The van der Waals surface area contributed by atoms with Crippen LogP contribution in [0.15, 0.2) is 48.5 Å². The van der Waals surface area contributed by atoms with E-state index in [0.717, 1.165) is 12.1 Å². The number of nitrogens with one attached hydrogen (secondary N) is 2. The summed E-state index contributed by atoms with van der Waals surface area (Å²) in [5.41, 5.74) is -0.00499. The molecule has 3 nitrogen and oxygen atoms in total. The van der Waals surface area contributed by atoms with Gasteiger partial charge in [-0.05, 0) is 42.5 Å². The highest BCUT2D eigenvalue weighted by Gasteiger charge is 2.30. The molecular formula is C14H11F3N2OS. The van der Waals surface area contributed by atoms with Gasteiger partial charge in [0.25, 0.3) is 0 Å². The van der Waals surface area contributed by atoms with Crippen molar-refractivity contribution in [1.29, 1.82) is 0 Å². The molecule has 0 saturated carbocycles. The summed E-state index contributed by atoms with van der Waals surface area (Å²) in [6.07, 6.45) is -4.40. The van der Waals surface area contributed by atoms with E-state index in [9.17, 15) is 18.3 Å². The first kappa shape index (κ1) is 15.1. The molecule has 0 unspecified atom stereocenters. The summed E-state index contributed by atoms with van der Waals surface area (Å²) in [5.74, 6) is 0.0573. The van der Waals surface area contributed by atoms with Crippen molar-refractivity contribution >= 4 is 28.7 Å². The van der Waals surface area contributed by atoms with Crippen LogP contribution in [0.4, 0.5) is 24.5 Å². The Morgan fingerprint density at radius 3 is 2.10 bits per heavy atom. The molecule has 0 atom stereocenters. The number of rotatable bonds is 2. The average Bonchev–Trinajstić information content (AvgIpc) is 2.37. The number of hydrogen-bond donors (Lipinski definition) is 3. The molecule has 0 aliphatic rings. The van der Waals surface area contributed by atoms with Crippen molar-refractivity contribution in [1.82, 2.24) is 0 Å². The zero-order valence-electron chi connectivity index (χ0n) is 10.6. The molecule has 2 aromatic carbocycles. The average molecular weight is 312 g/mol. The first-order valence-corrected chi connectivity index (χ1v) is 6.30. The van der Waals surface area contributed by atoms with Crippen LogP contribution in [0.2, 0.25) is 0 Å². The van der Waals surface area contributed by atoms with Gasteiger partial charge in [0.05, 0.1) is 5.56 Å². The van der Waals surface area contributed by atoms with Gasteiger partial charge in [0.1, 0.15) is 5.75 Å². The van der Waals surface area contributed by atoms with E-state index in [4.69, 9.17) is 12.2 Å². The van der Waals surface area contributed by atoms with E-state index < -0.39 is 11.7 Å². The van der Waals surface area contributed by atoms with E-state index in [2.05, 4.69) is 10.6 Å². The molecule has 3 N–H and O–H groups in total. The molecule has 0 aromatic heterocycles. The van der Waals surface area contributed by atoms with E-state index in [-0.39, 0.29) is 16.5 Å². The van der Waals surface area contributed by atoms with Crippen LogP contribution in [0.25, 0.3) is 0 Å². The third-order valence-electron chi connectivity index (χ3n) is 2.55. The van der Waals surface area contributed by atoms with E-state index in [1.165, 1.54) is 24.3 Å². The van der Waals surface area contributed by atoms with E-state index in [1.54, 1.807) is 12.1 Å². The third kappa shape index (κ3) is 4.35. The molecule has 7 heteroatoms. The van der Waals surface area contributed by atoms with Gasteiger partial charge in [0.2, 0.25) is 0 Å². The van der Waals surface area contributed by atoms with Gasteiger partial charge < -0.3 is 15.7 Å². The lowest BCUT2D eigenvalue weighted by atomic mass is 10.2. The van der Waals surface area contributed by atoms with Gasteiger partial charge in [-0.3, -0.25) is 0 Å². The topological polar surface area (TPSA) is 44.3 Å². The van der Waals surface area contributed by atoms with E-state index in [0.29, 0.717) is 5.69 Å². The number of halogens is 3. The van der Waals surface area contributed by atoms with Crippen molar-refractivity contribution in [3.8, 4) is 5.75 Å². The highest BCUT2D eigenvalue weighted by Crippen LogP contribution is 2.30. The lowest BCUT2D eigenvalue weighted by molar-refractivity contribution is -0.137. The predicted molar refractivity (Wildman–Crippen MR) is 79.4 cm³/mol. The normalized spacial score (nSPS) is 11.0. The van der Waals surface area contributed by atoms with Crippen molar-refractivity contribution in [3.63, 3.8) is 0 Å². The second-order valence-electron chi connectivity index (χ2n) is 4.21. The second kappa shape index (κ2) is 6.01. The molecule has 0 bridgehead atoms. The zero-order chi connectivity index (χ0) is 15.5. The summed E-state index contributed by atoms with van der Waals surface area (Å²) in [6, 6.07) is 10.9. The minimum absolute atomic E-state index is 0.0573. The van der Waals surface area contributed by atoms with Crippen LogP contribution in [-0.2, 0) is 6.18 Å². The van der Waals surface area contributed by atoms with Crippen molar-refractivity contribution < 1.29 is 18.3 Å². The van der Waals surface area contributed by atoms with Crippen LogP contribution in [-0.4, -0.2) is 10.2 Å². The monoisotopic (exact) mass is 312 g/mol. The minimum atomic E-state index is -4.40. The number of aromatic hydroxyl groups is 1. The van der Waals surface area contributed by atoms with Crippen LogP contribution < -0.4 is 10.6 Å². The van der Waals surface area contributed by atoms with E-state index in [1.807, 2.05) is 0 Å². The van der Waals surface area contributed by atoms with Crippen LogP contribution in [0, 0.1) is 0 Å². The van der Waals surface area contributed by atoms with Crippen LogP contribution in [0.3, 0.4) is 0 Å².